The Morgan fingerprint density at radius 3 is 2.12 bits per heavy atom. The van der Waals surface area contributed by atoms with Crippen molar-refractivity contribution < 1.29 is 9.16 Å². The summed E-state index contributed by atoms with van der Waals surface area (Å²) in [5, 5.41) is 0. The molecule has 3 heteroatoms. The molecule has 1 rings (SSSR count). The van der Waals surface area contributed by atoms with Gasteiger partial charge < -0.3 is 9.16 Å². The van der Waals surface area contributed by atoms with Gasteiger partial charge in [0.1, 0.15) is 5.75 Å². The topological polar surface area (TPSA) is 18.5 Å². The minimum atomic E-state index is -1.55. The van der Waals surface area contributed by atoms with E-state index < -0.39 is 8.32 Å². The largest absolute Gasteiger partial charge is 0.497 e. The van der Waals surface area contributed by atoms with Crippen molar-refractivity contribution in [3.63, 3.8) is 0 Å². The lowest BCUT2D eigenvalue weighted by atomic mass is 10.1. The Morgan fingerprint density at radius 2 is 1.75 bits per heavy atom. The number of benzene rings is 1. The molecule has 0 aliphatic rings. The van der Waals surface area contributed by atoms with Crippen LogP contribution in [0.4, 0.5) is 0 Å². The van der Waals surface area contributed by atoms with Gasteiger partial charge in [0.05, 0.1) is 13.2 Å². The predicted molar refractivity (Wildman–Crippen MR) is 70.4 cm³/mol. The summed E-state index contributed by atoms with van der Waals surface area (Å²) in [6, 6.07) is 7.93. The Kier molecular flexibility index (Phi) is 4.32. The van der Waals surface area contributed by atoms with E-state index in [9.17, 15) is 0 Å². The van der Waals surface area contributed by atoms with Crippen molar-refractivity contribution in [3.05, 3.63) is 42.5 Å². The maximum atomic E-state index is 6.03. The van der Waals surface area contributed by atoms with Crippen molar-refractivity contribution in [1.82, 2.24) is 0 Å². The average Bonchev–Trinajstić information content (AvgIpc) is 2.25. The molecule has 0 aliphatic heterocycles. The molecule has 0 saturated heterocycles. The van der Waals surface area contributed by atoms with Gasteiger partial charge >= 0.3 is 0 Å². The zero-order valence-corrected chi connectivity index (χ0v) is 11.5. The van der Waals surface area contributed by atoms with Gasteiger partial charge in [-0.25, -0.2) is 0 Å². The molecule has 0 fully saturated rings. The van der Waals surface area contributed by atoms with E-state index in [1.165, 1.54) is 0 Å². The summed E-state index contributed by atoms with van der Waals surface area (Å²) in [5.41, 5.74) is 1.12. The van der Waals surface area contributed by atoms with Crippen molar-refractivity contribution in [2.24, 2.45) is 0 Å². The Hall–Kier alpha value is -1.06. The summed E-state index contributed by atoms with van der Waals surface area (Å²) in [6.45, 7) is 10.4. The van der Waals surface area contributed by atoms with Crippen LogP contribution in [-0.4, -0.2) is 15.4 Å². The molecule has 0 radical (unpaired) electrons. The Labute approximate surface area is 99.0 Å². The fraction of sp³-hybridized carbons (Fsp3) is 0.385. The summed E-state index contributed by atoms with van der Waals surface area (Å²) in [4.78, 5) is 0. The van der Waals surface area contributed by atoms with Gasteiger partial charge in [0.15, 0.2) is 8.32 Å². The van der Waals surface area contributed by atoms with Crippen molar-refractivity contribution >= 4 is 8.32 Å². The second kappa shape index (κ2) is 5.32. The van der Waals surface area contributed by atoms with Gasteiger partial charge in [0, 0.05) is 0 Å². The Bertz CT molecular complexity index is 338. The highest BCUT2D eigenvalue weighted by molar-refractivity contribution is 6.69. The van der Waals surface area contributed by atoms with Gasteiger partial charge in [-0.1, -0.05) is 18.2 Å². The maximum Gasteiger partial charge on any atom is 0.185 e. The van der Waals surface area contributed by atoms with Gasteiger partial charge in [0.2, 0.25) is 0 Å². The lowest BCUT2D eigenvalue weighted by Crippen LogP contribution is -2.27. The van der Waals surface area contributed by atoms with Crippen LogP contribution in [0.5, 0.6) is 5.75 Å². The first-order chi connectivity index (χ1) is 7.46. The quantitative estimate of drug-likeness (QED) is 0.572. The lowest BCUT2D eigenvalue weighted by Gasteiger charge is -2.24. The van der Waals surface area contributed by atoms with Gasteiger partial charge in [-0.3, -0.25) is 0 Å². The summed E-state index contributed by atoms with van der Waals surface area (Å²) >= 11 is 0. The second-order valence-electron chi connectivity index (χ2n) is 4.66. The highest BCUT2D eigenvalue weighted by Gasteiger charge is 2.20. The monoisotopic (exact) mass is 236 g/mol. The molecule has 0 saturated carbocycles. The first kappa shape index (κ1) is 13.0. The molecule has 88 valence electrons. The highest BCUT2D eigenvalue weighted by atomic mass is 28.4. The van der Waals surface area contributed by atoms with Crippen molar-refractivity contribution in [1.29, 1.82) is 0 Å². The molecule has 0 heterocycles. The van der Waals surface area contributed by atoms with Crippen LogP contribution in [0.3, 0.4) is 0 Å². The molecule has 1 aromatic rings. The van der Waals surface area contributed by atoms with Crippen LogP contribution in [0.15, 0.2) is 36.9 Å². The van der Waals surface area contributed by atoms with Gasteiger partial charge in [-0.2, -0.15) is 0 Å². The molecule has 1 aromatic carbocycles. The van der Waals surface area contributed by atoms with Crippen molar-refractivity contribution in [2.75, 3.05) is 7.11 Å². The molecule has 0 spiro atoms. The second-order valence-corrected chi connectivity index (χ2v) is 9.12. The fourth-order valence-electron chi connectivity index (χ4n) is 1.43. The van der Waals surface area contributed by atoms with Crippen LogP contribution in [0.25, 0.3) is 0 Å². The molecule has 0 aromatic heterocycles. The average molecular weight is 236 g/mol. The molecular weight excluding hydrogens is 216 g/mol. The molecule has 0 amide bonds. The number of hydrogen-bond donors (Lipinski definition) is 0. The number of hydrogen-bond acceptors (Lipinski definition) is 2. The van der Waals surface area contributed by atoms with Crippen LogP contribution >= 0.6 is 0 Å². The molecular formula is C13H20O2Si. The van der Waals surface area contributed by atoms with E-state index in [2.05, 4.69) is 26.2 Å². The van der Waals surface area contributed by atoms with Crippen LogP contribution < -0.4 is 4.74 Å². The lowest BCUT2D eigenvalue weighted by molar-refractivity contribution is 0.248. The molecule has 2 nitrogen and oxygen atoms in total. The fourth-order valence-corrected chi connectivity index (χ4v) is 2.42. The number of ether oxygens (including phenoxy) is 1. The van der Waals surface area contributed by atoms with E-state index in [1.807, 2.05) is 30.3 Å². The van der Waals surface area contributed by atoms with Crippen LogP contribution in [-0.2, 0) is 4.43 Å². The predicted octanol–water partition coefficient (Wildman–Crippen LogP) is 3.77. The smallest absolute Gasteiger partial charge is 0.185 e. The number of rotatable bonds is 5. The van der Waals surface area contributed by atoms with Crippen molar-refractivity contribution in [3.8, 4) is 5.75 Å². The zero-order valence-electron chi connectivity index (χ0n) is 10.5. The zero-order chi connectivity index (χ0) is 12.2. The van der Waals surface area contributed by atoms with Gasteiger partial charge in [-0.15, -0.1) is 6.58 Å². The van der Waals surface area contributed by atoms with Gasteiger partial charge in [-0.05, 0) is 37.3 Å². The van der Waals surface area contributed by atoms with Gasteiger partial charge in [0.25, 0.3) is 0 Å². The first-order valence-corrected chi connectivity index (χ1v) is 8.81. The molecule has 16 heavy (non-hydrogen) atoms. The Balaban J connectivity index is 2.83. The summed E-state index contributed by atoms with van der Waals surface area (Å²) in [6.07, 6.45) is 1.83. The summed E-state index contributed by atoms with van der Waals surface area (Å²) in [7, 11) is 0.117. The minimum absolute atomic E-state index is 0.0161. The third-order valence-corrected chi connectivity index (χ3v) is 3.10. The standard InChI is InChI=1S/C13H20O2Si/c1-6-13(15-16(3,4)5)11-7-9-12(14-2)10-8-11/h6-10,13H,1H2,2-5H3. The maximum absolute atomic E-state index is 6.03. The SMILES string of the molecule is C=CC(O[Si](C)(C)C)c1ccc(OC)cc1. The van der Waals surface area contributed by atoms with Crippen LogP contribution in [0.1, 0.15) is 11.7 Å². The summed E-state index contributed by atoms with van der Waals surface area (Å²) < 4.78 is 11.2. The molecule has 0 N–H and O–H groups in total. The Morgan fingerprint density at radius 1 is 1.19 bits per heavy atom. The van der Waals surface area contributed by atoms with E-state index in [0.29, 0.717) is 0 Å². The minimum Gasteiger partial charge on any atom is -0.497 e. The molecule has 0 aliphatic carbocycles. The third kappa shape index (κ3) is 3.83. The van der Waals surface area contributed by atoms with E-state index in [1.54, 1.807) is 7.11 Å². The third-order valence-electron chi connectivity index (χ3n) is 2.14. The first-order valence-electron chi connectivity index (χ1n) is 5.40. The van der Waals surface area contributed by atoms with E-state index in [0.717, 1.165) is 11.3 Å². The normalized spacial score (nSPS) is 13.2. The summed E-state index contributed by atoms with van der Waals surface area (Å²) in [5.74, 6) is 0.861. The highest BCUT2D eigenvalue weighted by Crippen LogP contribution is 2.24. The van der Waals surface area contributed by atoms with E-state index in [-0.39, 0.29) is 6.10 Å². The van der Waals surface area contributed by atoms with Crippen LogP contribution in [0.2, 0.25) is 19.6 Å². The molecule has 1 atom stereocenters. The van der Waals surface area contributed by atoms with Crippen molar-refractivity contribution in [2.45, 2.75) is 25.7 Å². The molecule has 1 unspecified atom stereocenters. The molecule has 0 bridgehead atoms. The number of methoxy groups -OCH3 is 1. The van der Waals surface area contributed by atoms with E-state index >= 15 is 0 Å². The van der Waals surface area contributed by atoms with E-state index in [4.69, 9.17) is 9.16 Å². The van der Waals surface area contributed by atoms with Crippen LogP contribution in [0, 0.1) is 0 Å².